The van der Waals surface area contributed by atoms with E-state index < -0.39 is 40.8 Å². The number of nitrogens with zero attached hydrogens (tertiary/aromatic N) is 5. The van der Waals surface area contributed by atoms with Crippen LogP contribution in [0.3, 0.4) is 0 Å². The van der Waals surface area contributed by atoms with Gasteiger partial charge in [0.15, 0.2) is 0 Å². The van der Waals surface area contributed by atoms with Crippen molar-refractivity contribution in [3.05, 3.63) is 101 Å². The van der Waals surface area contributed by atoms with Crippen LogP contribution in [0.25, 0.3) is 11.4 Å². The summed E-state index contributed by atoms with van der Waals surface area (Å²) in [6.45, 7) is 4.97. The average molecular weight is 537 g/mol. The third-order valence-electron chi connectivity index (χ3n) is 5.91. The normalized spacial score (nSPS) is 12.2. The average Bonchev–Trinajstić information content (AvgIpc) is 3.34. The van der Waals surface area contributed by atoms with Crippen LogP contribution in [-0.2, 0) is 22.7 Å². The lowest BCUT2D eigenvalue weighted by atomic mass is 9.96. The molecule has 1 N–H and O–H groups in total. The Morgan fingerprint density at radius 1 is 0.923 bits per heavy atom. The molecule has 0 unspecified atom stereocenters. The maximum Gasteiger partial charge on any atom is 0.247 e. The summed E-state index contributed by atoms with van der Waals surface area (Å²) in [6.07, 6.45) is 0. The molecule has 3 aromatic carbocycles. The van der Waals surface area contributed by atoms with Crippen LogP contribution in [0.5, 0.6) is 0 Å². The van der Waals surface area contributed by atoms with E-state index in [4.69, 9.17) is 0 Å². The van der Waals surface area contributed by atoms with E-state index in [0.29, 0.717) is 11.1 Å². The van der Waals surface area contributed by atoms with Gasteiger partial charge in [-0.05, 0) is 73.5 Å². The van der Waals surface area contributed by atoms with Gasteiger partial charge in [-0.25, -0.2) is 13.2 Å². The quantitative estimate of drug-likeness (QED) is 0.359. The van der Waals surface area contributed by atoms with Gasteiger partial charge in [0.1, 0.15) is 30.0 Å². The number of carbonyl (C=O) groups is 2. The van der Waals surface area contributed by atoms with Crippen LogP contribution in [0.1, 0.15) is 37.9 Å². The third kappa shape index (κ3) is 6.67. The van der Waals surface area contributed by atoms with Crippen LogP contribution in [0, 0.1) is 17.5 Å². The number of halogens is 3. The number of benzene rings is 3. The summed E-state index contributed by atoms with van der Waals surface area (Å²) < 4.78 is 41.2. The molecule has 0 bridgehead atoms. The number of carbonyl (C=O) groups excluding carboxylic acids is 2. The Bertz CT molecular complexity index is 1450. The van der Waals surface area contributed by atoms with E-state index >= 15 is 0 Å². The SMILES string of the molecule is CC(C)(C)N(C(=O)Cn1nnc(-c2ccccc2F)n1)[C@H](C(=O)NCc1ccc(F)cc1)c1ccc(F)cc1. The predicted molar refractivity (Wildman–Crippen MR) is 137 cm³/mol. The second-order valence-corrected chi connectivity index (χ2v) is 9.86. The minimum Gasteiger partial charge on any atom is -0.350 e. The second-order valence-electron chi connectivity index (χ2n) is 9.86. The van der Waals surface area contributed by atoms with Gasteiger partial charge in [-0.2, -0.15) is 4.80 Å². The van der Waals surface area contributed by atoms with Gasteiger partial charge in [0, 0.05) is 12.1 Å². The zero-order chi connectivity index (χ0) is 28.2. The lowest BCUT2D eigenvalue weighted by molar-refractivity contribution is -0.147. The van der Waals surface area contributed by atoms with Crippen molar-refractivity contribution >= 4 is 11.8 Å². The Morgan fingerprint density at radius 3 is 2.15 bits per heavy atom. The van der Waals surface area contributed by atoms with E-state index in [0.717, 1.165) is 4.80 Å². The van der Waals surface area contributed by atoms with Crippen molar-refractivity contribution in [1.82, 2.24) is 30.4 Å². The molecule has 4 aromatic rings. The molecule has 0 radical (unpaired) electrons. The first-order valence-electron chi connectivity index (χ1n) is 12.2. The van der Waals surface area contributed by atoms with Crippen LogP contribution in [-0.4, -0.2) is 42.5 Å². The van der Waals surface area contributed by atoms with Gasteiger partial charge in [0.2, 0.25) is 17.6 Å². The summed E-state index contributed by atoms with van der Waals surface area (Å²) in [7, 11) is 0. The van der Waals surface area contributed by atoms with Crippen molar-refractivity contribution in [2.45, 2.75) is 45.4 Å². The number of tetrazole rings is 1. The molecular weight excluding hydrogens is 509 g/mol. The first-order valence-corrected chi connectivity index (χ1v) is 12.2. The number of nitrogens with one attached hydrogen (secondary N) is 1. The first kappa shape index (κ1) is 27.5. The summed E-state index contributed by atoms with van der Waals surface area (Å²) in [5, 5.41) is 14.7. The zero-order valence-electron chi connectivity index (χ0n) is 21.6. The summed E-state index contributed by atoms with van der Waals surface area (Å²) in [5.74, 6) is -2.47. The zero-order valence-corrected chi connectivity index (χ0v) is 21.6. The molecule has 0 fully saturated rings. The molecule has 0 aliphatic carbocycles. The van der Waals surface area contributed by atoms with Gasteiger partial charge in [-0.15, -0.1) is 10.2 Å². The van der Waals surface area contributed by atoms with Crippen LogP contribution >= 0.6 is 0 Å². The highest BCUT2D eigenvalue weighted by atomic mass is 19.1. The van der Waals surface area contributed by atoms with Crippen LogP contribution in [0.2, 0.25) is 0 Å². The fourth-order valence-corrected chi connectivity index (χ4v) is 4.11. The highest BCUT2D eigenvalue weighted by Crippen LogP contribution is 2.30. The van der Waals surface area contributed by atoms with E-state index in [1.54, 1.807) is 39.0 Å². The van der Waals surface area contributed by atoms with E-state index in [-0.39, 0.29) is 24.5 Å². The summed E-state index contributed by atoms with van der Waals surface area (Å²) in [6, 6.07) is 15.7. The Kier molecular flexibility index (Phi) is 8.08. The Hall–Kier alpha value is -4.54. The van der Waals surface area contributed by atoms with Gasteiger partial charge in [0.25, 0.3) is 0 Å². The maximum atomic E-state index is 14.2. The van der Waals surface area contributed by atoms with Gasteiger partial charge >= 0.3 is 0 Å². The van der Waals surface area contributed by atoms with Crippen molar-refractivity contribution in [2.75, 3.05) is 0 Å². The van der Waals surface area contributed by atoms with Gasteiger partial charge < -0.3 is 10.2 Å². The van der Waals surface area contributed by atoms with Crippen molar-refractivity contribution < 1.29 is 22.8 Å². The molecule has 0 spiro atoms. The number of aromatic nitrogens is 4. The number of amides is 2. The Morgan fingerprint density at radius 2 is 1.54 bits per heavy atom. The molecule has 1 atom stereocenters. The third-order valence-corrected chi connectivity index (χ3v) is 5.91. The topological polar surface area (TPSA) is 93.0 Å². The molecule has 1 aromatic heterocycles. The molecule has 2 amide bonds. The molecule has 0 aliphatic rings. The maximum absolute atomic E-state index is 14.2. The Balaban J connectivity index is 1.63. The molecule has 0 aliphatic heterocycles. The van der Waals surface area contributed by atoms with Crippen LogP contribution in [0.15, 0.2) is 72.8 Å². The standard InChI is InChI=1S/C28H27F3N6O2/c1-28(2,3)37(24(38)17-36-34-26(33-35-36)22-6-4-5-7-23(22)31)25(19-10-14-21(30)15-11-19)27(39)32-16-18-8-12-20(29)13-9-18/h4-15,25H,16-17H2,1-3H3,(H,32,39)/t25-/m0/s1. The van der Waals surface area contributed by atoms with Crippen molar-refractivity contribution in [1.29, 1.82) is 0 Å². The van der Waals surface area contributed by atoms with Gasteiger partial charge in [-0.3, -0.25) is 9.59 Å². The van der Waals surface area contributed by atoms with E-state index in [1.165, 1.54) is 59.5 Å². The van der Waals surface area contributed by atoms with Crippen LogP contribution in [0.4, 0.5) is 13.2 Å². The van der Waals surface area contributed by atoms with Gasteiger partial charge in [-0.1, -0.05) is 36.4 Å². The fraction of sp³-hybridized carbons (Fsp3) is 0.250. The number of rotatable bonds is 8. The largest absolute Gasteiger partial charge is 0.350 e. The van der Waals surface area contributed by atoms with E-state index in [1.807, 2.05) is 0 Å². The molecule has 1 heterocycles. The minimum absolute atomic E-state index is 0.00957. The lowest BCUT2D eigenvalue weighted by Gasteiger charge is -2.41. The van der Waals surface area contributed by atoms with E-state index in [9.17, 15) is 22.8 Å². The monoisotopic (exact) mass is 536 g/mol. The minimum atomic E-state index is -1.15. The van der Waals surface area contributed by atoms with Crippen LogP contribution < -0.4 is 5.32 Å². The summed E-state index contributed by atoms with van der Waals surface area (Å²) in [4.78, 5) is 29.7. The number of hydrogen-bond acceptors (Lipinski definition) is 5. The fourth-order valence-electron chi connectivity index (χ4n) is 4.11. The van der Waals surface area contributed by atoms with Crippen molar-refractivity contribution in [2.24, 2.45) is 0 Å². The Labute approximate surface area is 223 Å². The highest BCUT2D eigenvalue weighted by Gasteiger charge is 2.38. The van der Waals surface area contributed by atoms with Gasteiger partial charge in [0.05, 0.1) is 5.56 Å². The first-order chi connectivity index (χ1) is 18.5. The molecule has 202 valence electrons. The smallest absolute Gasteiger partial charge is 0.247 e. The molecule has 11 heteroatoms. The lowest BCUT2D eigenvalue weighted by Crippen LogP contribution is -2.53. The second kappa shape index (κ2) is 11.5. The van der Waals surface area contributed by atoms with E-state index in [2.05, 4.69) is 20.7 Å². The summed E-state index contributed by atoms with van der Waals surface area (Å²) >= 11 is 0. The molecular formula is C28H27F3N6O2. The van der Waals surface area contributed by atoms with Crippen molar-refractivity contribution in [3.8, 4) is 11.4 Å². The summed E-state index contributed by atoms with van der Waals surface area (Å²) in [5.41, 5.74) is 0.296. The van der Waals surface area contributed by atoms with Crippen molar-refractivity contribution in [3.63, 3.8) is 0 Å². The molecule has 39 heavy (non-hydrogen) atoms. The number of hydrogen-bond donors (Lipinski definition) is 1. The molecule has 0 saturated heterocycles. The highest BCUT2D eigenvalue weighted by molar-refractivity contribution is 5.89. The molecule has 4 rings (SSSR count). The molecule has 8 nitrogen and oxygen atoms in total. The predicted octanol–water partition coefficient (Wildman–Crippen LogP) is 4.44. The molecule has 0 saturated carbocycles.